The second-order valence-corrected chi connectivity index (χ2v) is 4.53. The molecule has 0 spiro atoms. The first-order chi connectivity index (χ1) is 6.45. The van der Waals surface area contributed by atoms with Gasteiger partial charge in [0.2, 0.25) is 0 Å². The third-order valence-corrected chi connectivity index (χ3v) is 2.77. The van der Waals surface area contributed by atoms with Gasteiger partial charge in [-0.2, -0.15) is 8.42 Å². The summed E-state index contributed by atoms with van der Waals surface area (Å²) in [5.74, 6) is 0. The first kappa shape index (κ1) is 11.5. The molecule has 1 N–H and O–H groups in total. The van der Waals surface area contributed by atoms with Crippen LogP contribution in [0.5, 0.6) is 0 Å². The summed E-state index contributed by atoms with van der Waals surface area (Å²) in [4.78, 5) is -0.262. The van der Waals surface area contributed by atoms with Gasteiger partial charge in [0.15, 0.2) is 0 Å². The van der Waals surface area contributed by atoms with E-state index in [2.05, 4.69) is 0 Å². The lowest BCUT2D eigenvalue weighted by Gasteiger charge is -2.02. The van der Waals surface area contributed by atoms with Crippen LogP contribution in [0.2, 0.25) is 5.02 Å². The van der Waals surface area contributed by atoms with Crippen molar-refractivity contribution in [3.8, 4) is 0 Å². The van der Waals surface area contributed by atoms with Crippen LogP contribution < -0.4 is 0 Å². The Kier molecular flexibility index (Phi) is 3.55. The molecule has 6 heteroatoms. The summed E-state index contributed by atoms with van der Waals surface area (Å²) in [7, 11) is -4.27. The van der Waals surface area contributed by atoms with Gasteiger partial charge >= 0.3 is 0 Å². The molecule has 1 rings (SSSR count). The van der Waals surface area contributed by atoms with Crippen molar-refractivity contribution >= 4 is 39.4 Å². The van der Waals surface area contributed by atoms with Gasteiger partial charge in [-0.1, -0.05) is 29.3 Å². The minimum atomic E-state index is -4.27. The molecule has 0 atom stereocenters. The van der Waals surface area contributed by atoms with E-state index in [1.807, 2.05) is 0 Å². The van der Waals surface area contributed by atoms with Gasteiger partial charge in [0.1, 0.15) is 4.90 Å². The van der Waals surface area contributed by atoms with E-state index in [4.69, 9.17) is 27.8 Å². The number of hydrogen-bond donors (Lipinski definition) is 1. The Morgan fingerprint density at radius 1 is 1.36 bits per heavy atom. The van der Waals surface area contributed by atoms with Crippen molar-refractivity contribution in [1.82, 2.24) is 0 Å². The topological polar surface area (TPSA) is 54.4 Å². The number of hydrogen-bond acceptors (Lipinski definition) is 2. The Morgan fingerprint density at radius 3 is 2.50 bits per heavy atom. The van der Waals surface area contributed by atoms with Gasteiger partial charge < -0.3 is 0 Å². The zero-order valence-corrected chi connectivity index (χ0v) is 9.14. The van der Waals surface area contributed by atoms with E-state index >= 15 is 0 Å². The van der Waals surface area contributed by atoms with Crippen molar-refractivity contribution in [3.63, 3.8) is 0 Å². The van der Waals surface area contributed by atoms with E-state index in [1.165, 1.54) is 18.2 Å². The van der Waals surface area contributed by atoms with Crippen LogP contribution in [0.25, 0.3) is 6.08 Å². The summed E-state index contributed by atoms with van der Waals surface area (Å²) in [6.07, 6.45) is 1.35. The van der Waals surface area contributed by atoms with Gasteiger partial charge in [-0.15, -0.1) is 0 Å². The quantitative estimate of drug-likeness (QED) is 0.824. The average molecular weight is 253 g/mol. The van der Waals surface area contributed by atoms with E-state index in [1.54, 1.807) is 0 Å². The van der Waals surface area contributed by atoms with Crippen molar-refractivity contribution in [1.29, 1.82) is 0 Å². The molecule has 0 fully saturated rings. The monoisotopic (exact) mass is 252 g/mol. The molecule has 0 saturated carbocycles. The van der Waals surface area contributed by atoms with Gasteiger partial charge in [0, 0.05) is 10.6 Å². The molecule has 1 aromatic carbocycles. The molecule has 76 valence electrons. The second-order valence-electron chi connectivity index (χ2n) is 2.45. The fourth-order valence-corrected chi connectivity index (χ4v) is 2.02. The predicted molar refractivity (Wildman–Crippen MR) is 56.2 cm³/mol. The van der Waals surface area contributed by atoms with Crippen LogP contribution in [0.1, 0.15) is 5.56 Å². The maximum Gasteiger partial charge on any atom is 0.295 e. The molecular formula is C8H6Cl2O3S. The lowest BCUT2D eigenvalue weighted by atomic mass is 10.2. The molecule has 0 heterocycles. The highest BCUT2D eigenvalue weighted by Crippen LogP contribution is 2.21. The number of benzene rings is 1. The molecule has 0 aromatic heterocycles. The first-order valence-corrected chi connectivity index (χ1v) is 5.74. The molecule has 0 aliphatic carbocycles. The number of rotatable bonds is 2. The van der Waals surface area contributed by atoms with Gasteiger partial charge in [0.25, 0.3) is 10.1 Å². The summed E-state index contributed by atoms with van der Waals surface area (Å²) in [5.41, 5.74) is 1.43. The molecule has 3 nitrogen and oxygen atoms in total. The highest BCUT2D eigenvalue weighted by molar-refractivity contribution is 7.86. The molecule has 0 saturated heterocycles. The van der Waals surface area contributed by atoms with Gasteiger partial charge in [-0.25, -0.2) is 0 Å². The molecule has 0 unspecified atom stereocenters. The van der Waals surface area contributed by atoms with E-state index < -0.39 is 10.1 Å². The normalized spacial score (nSPS) is 12.2. The second kappa shape index (κ2) is 4.31. The van der Waals surface area contributed by atoms with Gasteiger partial charge in [-0.05, 0) is 23.8 Å². The van der Waals surface area contributed by atoms with E-state index in [-0.39, 0.29) is 15.5 Å². The predicted octanol–water partition coefficient (Wildman–Crippen LogP) is 2.80. The molecule has 0 radical (unpaired) electrons. The van der Waals surface area contributed by atoms with Crippen LogP contribution in [0.4, 0.5) is 0 Å². The van der Waals surface area contributed by atoms with Gasteiger partial charge in [0.05, 0.1) is 0 Å². The Hall–Kier alpha value is -0.550. The Bertz CT molecular complexity index is 465. The Balaban J connectivity index is 3.45. The van der Waals surface area contributed by atoms with Crippen LogP contribution >= 0.6 is 23.2 Å². The minimum absolute atomic E-state index is 0.226. The van der Waals surface area contributed by atoms with Crippen molar-refractivity contribution in [3.05, 3.63) is 34.3 Å². The molecule has 0 aliphatic rings. The summed E-state index contributed by atoms with van der Waals surface area (Å²) in [5, 5.41) is 0.226. The largest absolute Gasteiger partial charge is 0.295 e. The summed E-state index contributed by atoms with van der Waals surface area (Å²) < 4.78 is 30.7. The number of halogens is 2. The first-order valence-electron chi connectivity index (χ1n) is 3.49. The molecule has 0 aliphatic heterocycles. The van der Waals surface area contributed by atoms with Crippen LogP contribution in [-0.2, 0) is 10.1 Å². The molecule has 1 aromatic rings. The lowest BCUT2D eigenvalue weighted by molar-refractivity contribution is 0.483. The third kappa shape index (κ3) is 2.72. The molecule has 0 bridgehead atoms. The van der Waals surface area contributed by atoms with Crippen molar-refractivity contribution in [2.24, 2.45) is 0 Å². The summed E-state index contributed by atoms with van der Waals surface area (Å²) in [6, 6.07) is 4.11. The van der Waals surface area contributed by atoms with Crippen LogP contribution in [0.3, 0.4) is 0 Å². The fourth-order valence-electron chi connectivity index (χ4n) is 0.937. The van der Waals surface area contributed by atoms with Crippen molar-refractivity contribution in [2.45, 2.75) is 4.90 Å². The zero-order chi connectivity index (χ0) is 10.8. The smallest absolute Gasteiger partial charge is 0.282 e. The maximum absolute atomic E-state index is 10.9. The average Bonchev–Trinajstić information content (AvgIpc) is 2.07. The molecular weight excluding hydrogens is 247 g/mol. The Morgan fingerprint density at radius 2 is 2.00 bits per heavy atom. The fraction of sp³-hybridized carbons (Fsp3) is 0. The van der Waals surface area contributed by atoms with Gasteiger partial charge in [-0.3, -0.25) is 4.55 Å². The maximum atomic E-state index is 10.9. The van der Waals surface area contributed by atoms with Crippen LogP contribution in [0.15, 0.2) is 28.6 Å². The third-order valence-electron chi connectivity index (χ3n) is 1.50. The van der Waals surface area contributed by atoms with E-state index in [0.29, 0.717) is 0 Å². The highest BCUT2D eigenvalue weighted by atomic mass is 35.5. The lowest BCUT2D eigenvalue weighted by Crippen LogP contribution is -2.00. The minimum Gasteiger partial charge on any atom is -0.282 e. The summed E-state index contributed by atoms with van der Waals surface area (Å²) >= 11 is 10.9. The van der Waals surface area contributed by atoms with E-state index in [0.717, 1.165) is 11.6 Å². The zero-order valence-electron chi connectivity index (χ0n) is 6.81. The summed E-state index contributed by atoms with van der Waals surface area (Å²) in [6.45, 7) is 0. The van der Waals surface area contributed by atoms with Crippen LogP contribution in [0, 0.1) is 0 Å². The molecule has 0 amide bonds. The van der Waals surface area contributed by atoms with Crippen molar-refractivity contribution in [2.75, 3.05) is 0 Å². The highest BCUT2D eigenvalue weighted by Gasteiger charge is 2.13. The molecule has 14 heavy (non-hydrogen) atoms. The Labute approximate surface area is 91.7 Å². The SMILES string of the molecule is O=S(=O)(O)c1cc(Cl)ccc1C=CCl. The van der Waals surface area contributed by atoms with Crippen molar-refractivity contribution < 1.29 is 13.0 Å². The van der Waals surface area contributed by atoms with E-state index in [9.17, 15) is 8.42 Å². The van der Waals surface area contributed by atoms with Crippen LogP contribution in [-0.4, -0.2) is 13.0 Å². The standard InChI is InChI=1S/C8H6Cl2O3S/c9-4-3-6-1-2-7(10)5-8(6)14(11,12)13/h1-5H,(H,11,12,13).